The summed E-state index contributed by atoms with van der Waals surface area (Å²) in [5.41, 5.74) is 1.49. The zero-order valence-corrected chi connectivity index (χ0v) is 23.8. The number of amides is 4. The second-order valence-electron chi connectivity index (χ2n) is 10.7. The van der Waals surface area contributed by atoms with Crippen LogP contribution in [-0.2, 0) is 24.0 Å². The van der Waals surface area contributed by atoms with Gasteiger partial charge in [-0.25, -0.2) is 4.79 Å². The third-order valence-electron chi connectivity index (χ3n) is 7.39. The Kier molecular flexibility index (Phi) is 10.9. The van der Waals surface area contributed by atoms with E-state index in [1.54, 1.807) is 20.8 Å². The van der Waals surface area contributed by atoms with Crippen LogP contribution in [-0.4, -0.2) is 102 Å². The molecule has 11 nitrogen and oxygen atoms in total. The Bertz CT molecular complexity index is 1110. The van der Waals surface area contributed by atoms with Crippen molar-refractivity contribution < 1.29 is 33.9 Å². The normalized spacial score (nSPS) is 16.2. The smallest absolute Gasteiger partial charge is 0.407 e. The molecule has 0 radical (unpaired) electrons. The van der Waals surface area contributed by atoms with Crippen LogP contribution in [0.1, 0.15) is 53.9 Å². The van der Waals surface area contributed by atoms with Crippen LogP contribution in [0.25, 0.3) is 0 Å². The van der Waals surface area contributed by atoms with Crippen LogP contribution in [0.2, 0.25) is 0 Å². The van der Waals surface area contributed by atoms with Gasteiger partial charge >= 0.3 is 6.09 Å². The van der Waals surface area contributed by atoms with Crippen molar-refractivity contribution in [1.29, 1.82) is 0 Å². The summed E-state index contributed by atoms with van der Waals surface area (Å²) in [7, 11) is 1.87. The Morgan fingerprint density at radius 2 is 1.49 bits per heavy atom. The van der Waals surface area contributed by atoms with Crippen molar-refractivity contribution in [1.82, 2.24) is 20.0 Å². The topological polar surface area (TPSA) is 144 Å². The molecule has 11 heteroatoms. The summed E-state index contributed by atoms with van der Waals surface area (Å²) in [5.74, 6) is -1.29. The monoisotopic (exact) mass is 544 g/mol. The number of imide groups is 1. The van der Waals surface area contributed by atoms with Crippen LogP contribution in [0.3, 0.4) is 0 Å². The van der Waals surface area contributed by atoms with Crippen molar-refractivity contribution in [3.05, 3.63) is 34.4 Å². The first-order valence-electron chi connectivity index (χ1n) is 13.1. The molecule has 0 unspecified atom stereocenters. The van der Waals surface area contributed by atoms with Crippen molar-refractivity contribution in [3.63, 3.8) is 0 Å². The number of hydrogen-bond acceptors (Lipinski definition) is 7. The molecule has 0 saturated carbocycles. The first kappa shape index (κ1) is 31.6. The summed E-state index contributed by atoms with van der Waals surface area (Å²) in [6.07, 6.45) is 2.34. The maximum Gasteiger partial charge on any atom is 0.407 e. The van der Waals surface area contributed by atoms with Gasteiger partial charge in [-0.3, -0.25) is 28.9 Å². The van der Waals surface area contributed by atoms with Gasteiger partial charge in [-0.2, -0.15) is 0 Å². The molecule has 1 aliphatic heterocycles. The largest absolute Gasteiger partial charge is 0.465 e. The maximum atomic E-state index is 13.0. The second-order valence-corrected chi connectivity index (χ2v) is 10.7. The lowest BCUT2D eigenvalue weighted by atomic mass is 9.71. The molecule has 2 rings (SSSR count). The number of rotatable bonds is 14. The zero-order valence-electron chi connectivity index (χ0n) is 23.8. The summed E-state index contributed by atoms with van der Waals surface area (Å²) in [4.78, 5) is 76.6. The molecule has 4 amide bonds. The predicted octanol–water partition coefficient (Wildman–Crippen LogP) is 1.94. The van der Waals surface area contributed by atoms with Gasteiger partial charge in [0.15, 0.2) is 11.6 Å². The Hall–Kier alpha value is -3.60. The third-order valence-corrected chi connectivity index (χ3v) is 7.39. The van der Waals surface area contributed by atoms with Crippen LogP contribution in [0.4, 0.5) is 4.79 Å². The predicted molar refractivity (Wildman–Crippen MR) is 145 cm³/mol. The molecule has 0 spiro atoms. The molecule has 39 heavy (non-hydrogen) atoms. The summed E-state index contributed by atoms with van der Waals surface area (Å²) < 4.78 is 0. The first-order chi connectivity index (χ1) is 18.2. The number of carbonyl (C=O) groups excluding carboxylic acids is 5. The number of ketones is 2. The molecule has 0 aromatic heterocycles. The van der Waals surface area contributed by atoms with E-state index >= 15 is 0 Å². The lowest BCUT2D eigenvalue weighted by Crippen LogP contribution is -2.40. The summed E-state index contributed by atoms with van der Waals surface area (Å²) in [6, 6.07) is 0. The molecule has 0 bridgehead atoms. The van der Waals surface area contributed by atoms with E-state index in [2.05, 4.69) is 5.32 Å². The molecule has 0 atom stereocenters. The lowest BCUT2D eigenvalue weighted by molar-refractivity contribution is -0.137. The van der Waals surface area contributed by atoms with E-state index in [0.717, 1.165) is 4.90 Å². The Morgan fingerprint density at radius 1 is 0.897 bits per heavy atom. The highest BCUT2D eigenvalue weighted by Crippen LogP contribution is 2.38. The third kappa shape index (κ3) is 8.19. The zero-order chi connectivity index (χ0) is 29.5. The highest BCUT2D eigenvalue weighted by molar-refractivity contribution is 6.25. The fourth-order valence-corrected chi connectivity index (χ4v) is 4.69. The molecule has 1 aliphatic carbocycles. The van der Waals surface area contributed by atoms with Crippen LogP contribution >= 0.6 is 0 Å². The quantitative estimate of drug-likeness (QED) is 0.249. The second kappa shape index (κ2) is 13.5. The van der Waals surface area contributed by atoms with Crippen molar-refractivity contribution in [2.75, 3.05) is 46.3 Å². The van der Waals surface area contributed by atoms with Gasteiger partial charge < -0.3 is 20.2 Å². The van der Waals surface area contributed by atoms with Gasteiger partial charge in [0.2, 0.25) is 5.91 Å². The average Bonchev–Trinajstić information content (AvgIpc) is 3.19. The number of Topliss-reactive ketones (excluding diaryl/α,β-unsaturated/α-hetero) is 2. The SMILES string of the molecule is CC1=C(C)C(=O)C(C(C)(C)CCN(C)CCN(CCCC(=O)NCCN2C(=O)C=CC2=O)C(=O)O)=C(C)C1=O. The number of likely N-dealkylation sites (N-methyl/N-ethyl adjacent to an activating group) is 1. The van der Waals surface area contributed by atoms with E-state index in [4.69, 9.17) is 0 Å². The van der Waals surface area contributed by atoms with Gasteiger partial charge in [-0.15, -0.1) is 0 Å². The van der Waals surface area contributed by atoms with Gasteiger partial charge in [0.25, 0.3) is 11.8 Å². The average molecular weight is 545 g/mol. The molecule has 0 fully saturated rings. The Morgan fingerprint density at radius 3 is 2.08 bits per heavy atom. The lowest BCUT2D eigenvalue weighted by Gasteiger charge is -2.33. The molecule has 214 valence electrons. The molecule has 2 aliphatic rings. The van der Waals surface area contributed by atoms with E-state index in [9.17, 15) is 33.9 Å². The van der Waals surface area contributed by atoms with E-state index in [-0.39, 0.29) is 50.1 Å². The Labute approximate surface area is 229 Å². The van der Waals surface area contributed by atoms with Crippen molar-refractivity contribution >= 4 is 35.4 Å². The molecule has 0 aromatic carbocycles. The number of carbonyl (C=O) groups is 6. The van der Waals surface area contributed by atoms with Crippen molar-refractivity contribution in [3.8, 4) is 0 Å². The van der Waals surface area contributed by atoms with Crippen LogP contribution < -0.4 is 5.32 Å². The van der Waals surface area contributed by atoms with Crippen LogP contribution in [0, 0.1) is 5.41 Å². The molecule has 0 aromatic rings. The first-order valence-corrected chi connectivity index (χ1v) is 13.1. The molecular formula is C28H40N4O7. The highest BCUT2D eigenvalue weighted by atomic mass is 16.4. The minimum Gasteiger partial charge on any atom is -0.465 e. The van der Waals surface area contributed by atoms with Gasteiger partial charge in [-0.05, 0) is 52.6 Å². The number of allylic oxidation sites excluding steroid dienone is 4. The Balaban J connectivity index is 1.76. The van der Waals surface area contributed by atoms with Crippen LogP contribution in [0.15, 0.2) is 34.4 Å². The van der Waals surface area contributed by atoms with Gasteiger partial charge in [0.05, 0.1) is 0 Å². The number of nitrogens with zero attached hydrogens (tertiary/aromatic N) is 3. The van der Waals surface area contributed by atoms with E-state index < -0.39 is 23.3 Å². The summed E-state index contributed by atoms with van der Waals surface area (Å²) in [5, 5.41) is 12.2. The van der Waals surface area contributed by atoms with E-state index in [0.29, 0.717) is 48.2 Å². The standard InChI is InChI=1S/C28H40N4O7/c1-18-19(2)26(37)24(20(3)25(18)36)28(4,5)11-14-30(6)16-17-31(27(38)39)13-7-8-21(33)29-12-15-32-22(34)9-10-23(32)35/h9-10H,7-8,11-17H2,1-6H3,(H,29,33)(H,38,39). The summed E-state index contributed by atoms with van der Waals surface area (Å²) in [6.45, 7) is 10.7. The van der Waals surface area contributed by atoms with Crippen molar-refractivity contribution in [2.45, 2.75) is 53.9 Å². The van der Waals surface area contributed by atoms with Crippen molar-refractivity contribution in [2.24, 2.45) is 5.41 Å². The fourth-order valence-electron chi connectivity index (χ4n) is 4.69. The number of hydrogen-bond donors (Lipinski definition) is 2. The minimum atomic E-state index is -1.08. The molecule has 0 saturated heterocycles. The molecular weight excluding hydrogens is 504 g/mol. The highest BCUT2D eigenvalue weighted by Gasteiger charge is 2.37. The summed E-state index contributed by atoms with van der Waals surface area (Å²) >= 11 is 0. The molecule has 2 N–H and O–H groups in total. The van der Waals surface area contributed by atoms with Gasteiger partial charge in [0.1, 0.15) is 0 Å². The van der Waals surface area contributed by atoms with E-state index in [1.165, 1.54) is 17.1 Å². The molecule has 1 heterocycles. The fraction of sp³-hybridized carbons (Fsp3) is 0.571. The number of nitrogens with one attached hydrogen (secondary N) is 1. The van der Waals surface area contributed by atoms with E-state index in [1.807, 2.05) is 25.8 Å². The van der Waals surface area contributed by atoms with Crippen LogP contribution in [0.5, 0.6) is 0 Å². The maximum absolute atomic E-state index is 13.0. The van der Waals surface area contributed by atoms with Gasteiger partial charge in [-0.1, -0.05) is 13.8 Å². The number of carboxylic acid groups (broad SMARTS) is 1. The van der Waals surface area contributed by atoms with Gasteiger partial charge in [0, 0.05) is 73.6 Å². The minimum absolute atomic E-state index is 0.0814.